The summed E-state index contributed by atoms with van der Waals surface area (Å²) in [5.74, 6) is 0.958. The standard InChI is InChI=1S/C17H27NO/c1-12-10-15(19-5)13(2)9-14(12)17(18)8-6-7-16(3,4)11-17/h9-10H,6-8,11,18H2,1-5H3. The molecule has 2 nitrogen and oxygen atoms in total. The Hall–Kier alpha value is -1.02. The van der Waals surface area contributed by atoms with Crippen LogP contribution >= 0.6 is 0 Å². The van der Waals surface area contributed by atoms with E-state index >= 15 is 0 Å². The van der Waals surface area contributed by atoms with Crippen molar-refractivity contribution in [3.05, 3.63) is 28.8 Å². The number of hydrogen-bond acceptors (Lipinski definition) is 2. The smallest absolute Gasteiger partial charge is 0.122 e. The number of rotatable bonds is 2. The van der Waals surface area contributed by atoms with Crippen molar-refractivity contribution >= 4 is 0 Å². The van der Waals surface area contributed by atoms with Gasteiger partial charge in [0.1, 0.15) is 5.75 Å². The predicted octanol–water partition coefficient (Wildman–Crippen LogP) is 4.07. The van der Waals surface area contributed by atoms with Crippen LogP contribution in [-0.2, 0) is 5.54 Å². The highest BCUT2D eigenvalue weighted by Gasteiger charge is 2.39. The number of hydrogen-bond donors (Lipinski definition) is 1. The van der Waals surface area contributed by atoms with Crippen molar-refractivity contribution < 1.29 is 4.74 Å². The van der Waals surface area contributed by atoms with Crippen LogP contribution in [0.25, 0.3) is 0 Å². The van der Waals surface area contributed by atoms with E-state index in [-0.39, 0.29) is 5.54 Å². The SMILES string of the molecule is COc1cc(C)c(C2(N)CCCC(C)(C)C2)cc1C. The van der Waals surface area contributed by atoms with Gasteiger partial charge in [0.05, 0.1) is 7.11 Å². The Balaban J connectivity index is 2.43. The molecule has 2 rings (SSSR count). The molecule has 19 heavy (non-hydrogen) atoms. The van der Waals surface area contributed by atoms with Crippen LogP contribution in [0, 0.1) is 19.3 Å². The molecule has 1 atom stereocenters. The Morgan fingerprint density at radius 1 is 1.11 bits per heavy atom. The average Bonchev–Trinajstić information content (AvgIpc) is 2.29. The van der Waals surface area contributed by atoms with Crippen molar-refractivity contribution in [2.24, 2.45) is 11.1 Å². The lowest BCUT2D eigenvalue weighted by atomic mass is 9.65. The molecule has 2 N–H and O–H groups in total. The highest BCUT2D eigenvalue weighted by molar-refractivity contribution is 5.44. The highest BCUT2D eigenvalue weighted by atomic mass is 16.5. The topological polar surface area (TPSA) is 35.2 Å². The quantitative estimate of drug-likeness (QED) is 0.871. The maximum absolute atomic E-state index is 6.78. The molecule has 106 valence electrons. The molecule has 0 bridgehead atoms. The zero-order valence-electron chi connectivity index (χ0n) is 13.0. The monoisotopic (exact) mass is 261 g/mol. The fraction of sp³-hybridized carbons (Fsp3) is 0.647. The minimum Gasteiger partial charge on any atom is -0.496 e. The van der Waals surface area contributed by atoms with Crippen LogP contribution in [0.1, 0.15) is 56.2 Å². The fourth-order valence-electron chi connectivity index (χ4n) is 3.69. The van der Waals surface area contributed by atoms with E-state index in [0.29, 0.717) is 5.41 Å². The molecular weight excluding hydrogens is 234 g/mol. The molecule has 0 aliphatic heterocycles. The van der Waals surface area contributed by atoms with Gasteiger partial charge in [-0.2, -0.15) is 0 Å². The lowest BCUT2D eigenvalue weighted by Gasteiger charge is -2.43. The van der Waals surface area contributed by atoms with Gasteiger partial charge in [0, 0.05) is 5.54 Å². The lowest BCUT2D eigenvalue weighted by molar-refractivity contribution is 0.150. The first-order valence-corrected chi connectivity index (χ1v) is 7.22. The summed E-state index contributed by atoms with van der Waals surface area (Å²) in [5, 5.41) is 0. The third-order valence-corrected chi connectivity index (χ3v) is 4.55. The molecule has 0 aromatic heterocycles. The van der Waals surface area contributed by atoms with Crippen molar-refractivity contribution in [3.8, 4) is 5.75 Å². The summed E-state index contributed by atoms with van der Waals surface area (Å²) >= 11 is 0. The van der Waals surface area contributed by atoms with Crippen LogP contribution in [-0.4, -0.2) is 7.11 Å². The number of aryl methyl sites for hydroxylation is 2. The Morgan fingerprint density at radius 3 is 2.37 bits per heavy atom. The van der Waals surface area contributed by atoms with Gasteiger partial charge in [-0.15, -0.1) is 0 Å². The third-order valence-electron chi connectivity index (χ3n) is 4.55. The summed E-state index contributed by atoms with van der Waals surface area (Å²) in [4.78, 5) is 0. The number of ether oxygens (including phenoxy) is 1. The van der Waals surface area contributed by atoms with Gasteiger partial charge in [-0.1, -0.05) is 26.3 Å². The van der Waals surface area contributed by atoms with Crippen molar-refractivity contribution in [1.82, 2.24) is 0 Å². The van der Waals surface area contributed by atoms with E-state index in [9.17, 15) is 0 Å². The van der Waals surface area contributed by atoms with Crippen LogP contribution in [0.3, 0.4) is 0 Å². The zero-order valence-corrected chi connectivity index (χ0v) is 13.0. The molecular formula is C17H27NO. The second-order valence-electron chi connectivity index (χ2n) is 6.99. The van der Waals surface area contributed by atoms with Crippen LogP contribution in [0.15, 0.2) is 12.1 Å². The first kappa shape index (κ1) is 14.4. The van der Waals surface area contributed by atoms with E-state index in [1.54, 1.807) is 7.11 Å². The van der Waals surface area contributed by atoms with Gasteiger partial charge in [0.15, 0.2) is 0 Å². The van der Waals surface area contributed by atoms with Crippen molar-refractivity contribution in [3.63, 3.8) is 0 Å². The van der Waals surface area contributed by atoms with E-state index in [1.165, 1.54) is 29.5 Å². The molecule has 1 fully saturated rings. The van der Waals surface area contributed by atoms with Crippen molar-refractivity contribution in [2.75, 3.05) is 7.11 Å². The normalized spacial score (nSPS) is 26.2. The number of methoxy groups -OCH3 is 1. The maximum atomic E-state index is 6.78. The molecule has 0 spiro atoms. The van der Waals surface area contributed by atoms with Gasteiger partial charge in [-0.25, -0.2) is 0 Å². The van der Waals surface area contributed by atoms with Crippen LogP contribution in [0.4, 0.5) is 0 Å². The second-order valence-corrected chi connectivity index (χ2v) is 6.99. The summed E-state index contributed by atoms with van der Waals surface area (Å²) in [5.41, 5.74) is 10.7. The summed E-state index contributed by atoms with van der Waals surface area (Å²) in [6, 6.07) is 4.36. The van der Waals surface area contributed by atoms with Gasteiger partial charge in [-0.3, -0.25) is 0 Å². The maximum Gasteiger partial charge on any atom is 0.122 e. The van der Waals surface area contributed by atoms with E-state index in [4.69, 9.17) is 10.5 Å². The average molecular weight is 261 g/mol. The highest BCUT2D eigenvalue weighted by Crippen LogP contribution is 2.46. The van der Waals surface area contributed by atoms with Gasteiger partial charge in [0.25, 0.3) is 0 Å². The van der Waals surface area contributed by atoms with E-state index in [2.05, 4.69) is 39.8 Å². The number of benzene rings is 1. The largest absolute Gasteiger partial charge is 0.496 e. The molecule has 2 heteroatoms. The molecule has 1 aromatic carbocycles. The lowest BCUT2D eigenvalue weighted by Crippen LogP contribution is -2.44. The minimum absolute atomic E-state index is 0.178. The van der Waals surface area contributed by atoms with Crippen molar-refractivity contribution in [2.45, 2.75) is 58.9 Å². The van der Waals surface area contributed by atoms with Gasteiger partial charge >= 0.3 is 0 Å². The molecule has 1 aliphatic carbocycles. The van der Waals surface area contributed by atoms with Crippen LogP contribution < -0.4 is 10.5 Å². The van der Waals surface area contributed by atoms with Crippen LogP contribution in [0.5, 0.6) is 5.75 Å². The molecule has 0 heterocycles. The second kappa shape index (κ2) is 4.82. The van der Waals surface area contributed by atoms with Gasteiger partial charge in [0.2, 0.25) is 0 Å². The van der Waals surface area contributed by atoms with E-state index in [0.717, 1.165) is 18.6 Å². The molecule has 0 saturated heterocycles. The Morgan fingerprint density at radius 2 is 1.79 bits per heavy atom. The first-order valence-electron chi connectivity index (χ1n) is 7.22. The zero-order chi connectivity index (χ0) is 14.3. The summed E-state index contributed by atoms with van der Waals surface area (Å²) in [6.07, 6.45) is 4.64. The summed E-state index contributed by atoms with van der Waals surface area (Å²) in [6.45, 7) is 8.91. The summed E-state index contributed by atoms with van der Waals surface area (Å²) < 4.78 is 5.40. The van der Waals surface area contributed by atoms with Crippen molar-refractivity contribution in [1.29, 1.82) is 0 Å². The fourth-order valence-corrected chi connectivity index (χ4v) is 3.69. The van der Waals surface area contributed by atoms with Gasteiger partial charge in [-0.05, 0) is 61.3 Å². The molecule has 1 aromatic rings. The Labute approximate surface area is 117 Å². The van der Waals surface area contributed by atoms with Gasteiger partial charge < -0.3 is 10.5 Å². The van der Waals surface area contributed by atoms with E-state index < -0.39 is 0 Å². The molecule has 0 amide bonds. The molecule has 1 unspecified atom stereocenters. The minimum atomic E-state index is -0.178. The predicted molar refractivity (Wildman–Crippen MR) is 80.6 cm³/mol. The first-order chi connectivity index (χ1) is 8.77. The Bertz CT molecular complexity index is 478. The van der Waals surface area contributed by atoms with Crippen LogP contribution in [0.2, 0.25) is 0 Å². The third kappa shape index (κ3) is 2.79. The molecule has 0 radical (unpaired) electrons. The van der Waals surface area contributed by atoms with E-state index in [1.807, 2.05) is 0 Å². The number of nitrogens with two attached hydrogens (primary N) is 1. The molecule has 1 saturated carbocycles. The summed E-state index contributed by atoms with van der Waals surface area (Å²) in [7, 11) is 1.73. The molecule has 1 aliphatic rings. The Kier molecular flexibility index (Phi) is 3.65.